The quantitative estimate of drug-likeness (QED) is 0.833. The summed E-state index contributed by atoms with van der Waals surface area (Å²) in [5.74, 6) is 1.60. The zero-order valence-corrected chi connectivity index (χ0v) is 13.4. The summed E-state index contributed by atoms with van der Waals surface area (Å²) in [6.45, 7) is 3.92. The number of nitrogens with zero attached hydrogens (tertiary/aromatic N) is 3. The van der Waals surface area contributed by atoms with Crippen LogP contribution in [0.2, 0.25) is 0 Å². The number of hydrogen-bond acceptors (Lipinski definition) is 4. The Labute approximate surface area is 129 Å². The van der Waals surface area contributed by atoms with E-state index in [1.54, 1.807) is 11.8 Å². The predicted molar refractivity (Wildman–Crippen MR) is 85.1 cm³/mol. The second kappa shape index (κ2) is 7.26. The van der Waals surface area contributed by atoms with Gasteiger partial charge in [-0.05, 0) is 13.8 Å². The molecule has 1 N–H and O–H groups in total. The third-order valence-corrected chi connectivity index (χ3v) is 3.90. The van der Waals surface area contributed by atoms with E-state index in [4.69, 9.17) is 0 Å². The first-order valence-electron chi connectivity index (χ1n) is 6.95. The highest BCUT2D eigenvalue weighted by Gasteiger charge is 2.11. The van der Waals surface area contributed by atoms with Crippen molar-refractivity contribution in [1.82, 2.24) is 20.1 Å². The summed E-state index contributed by atoms with van der Waals surface area (Å²) in [6.07, 6.45) is 0.483. The molecule has 0 radical (unpaired) electrons. The normalized spacial score (nSPS) is 10.9. The monoisotopic (exact) mass is 304 g/mol. The molecule has 0 bridgehead atoms. The van der Waals surface area contributed by atoms with Gasteiger partial charge in [-0.2, -0.15) is 0 Å². The molecule has 0 spiro atoms. The van der Waals surface area contributed by atoms with Crippen LogP contribution in [0, 0.1) is 0 Å². The highest BCUT2D eigenvalue weighted by atomic mass is 32.2. The van der Waals surface area contributed by atoms with Crippen LogP contribution in [0.4, 0.5) is 0 Å². The standard InChI is InChI=1S/C15H20N4OS/c1-11(2)16-13(20)9-10-21-15-18-17-14(19(15)3)12-7-5-4-6-8-12/h4-8,11H,9-10H2,1-3H3,(H,16,20). The molecule has 5 nitrogen and oxygen atoms in total. The lowest BCUT2D eigenvalue weighted by Crippen LogP contribution is -2.30. The molecule has 21 heavy (non-hydrogen) atoms. The van der Waals surface area contributed by atoms with Gasteiger partial charge >= 0.3 is 0 Å². The van der Waals surface area contributed by atoms with Crippen LogP contribution in [-0.2, 0) is 11.8 Å². The fourth-order valence-electron chi connectivity index (χ4n) is 1.91. The predicted octanol–water partition coefficient (Wildman–Crippen LogP) is 2.49. The minimum Gasteiger partial charge on any atom is -0.354 e. The minimum atomic E-state index is 0.0722. The van der Waals surface area contributed by atoms with Gasteiger partial charge in [0.25, 0.3) is 0 Å². The molecule has 2 aromatic rings. The van der Waals surface area contributed by atoms with Crippen LogP contribution in [0.1, 0.15) is 20.3 Å². The number of amides is 1. The summed E-state index contributed by atoms with van der Waals surface area (Å²) >= 11 is 1.55. The largest absolute Gasteiger partial charge is 0.354 e. The van der Waals surface area contributed by atoms with Crippen molar-refractivity contribution < 1.29 is 4.79 Å². The molecule has 0 aliphatic carbocycles. The van der Waals surface area contributed by atoms with Gasteiger partial charge in [0.05, 0.1) is 0 Å². The molecule has 0 fully saturated rings. The lowest BCUT2D eigenvalue weighted by atomic mass is 10.2. The molecule has 1 heterocycles. The van der Waals surface area contributed by atoms with Gasteiger partial charge in [-0.1, -0.05) is 42.1 Å². The van der Waals surface area contributed by atoms with Crippen LogP contribution in [0.25, 0.3) is 11.4 Å². The molecule has 112 valence electrons. The van der Waals surface area contributed by atoms with Gasteiger partial charge in [-0.3, -0.25) is 4.79 Å². The number of benzene rings is 1. The first-order chi connectivity index (χ1) is 10.1. The molecule has 0 unspecified atom stereocenters. The van der Waals surface area contributed by atoms with E-state index in [1.165, 1.54) is 0 Å². The van der Waals surface area contributed by atoms with E-state index in [-0.39, 0.29) is 11.9 Å². The van der Waals surface area contributed by atoms with Gasteiger partial charge < -0.3 is 9.88 Å². The Kier molecular flexibility index (Phi) is 5.38. The number of carbonyl (C=O) groups is 1. The molecule has 1 amide bonds. The summed E-state index contributed by atoms with van der Waals surface area (Å²) in [4.78, 5) is 11.6. The number of nitrogens with one attached hydrogen (secondary N) is 1. The topological polar surface area (TPSA) is 59.8 Å². The van der Waals surface area contributed by atoms with Crippen LogP contribution in [0.3, 0.4) is 0 Å². The first-order valence-corrected chi connectivity index (χ1v) is 7.93. The molecule has 2 rings (SSSR count). The van der Waals surface area contributed by atoms with Gasteiger partial charge in [0.1, 0.15) is 0 Å². The van der Waals surface area contributed by atoms with E-state index in [0.29, 0.717) is 12.2 Å². The van der Waals surface area contributed by atoms with Crippen LogP contribution in [-0.4, -0.2) is 32.5 Å². The third kappa shape index (κ3) is 4.32. The molecule has 0 aliphatic heterocycles. The molecule has 1 aromatic heterocycles. The van der Waals surface area contributed by atoms with Gasteiger partial charge in [-0.25, -0.2) is 0 Å². The average Bonchev–Trinajstić information content (AvgIpc) is 2.80. The average molecular weight is 304 g/mol. The van der Waals surface area contributed by atoms with E-state index in [9.17, 15) is 4.79 Å². The number of rotatable bonds is 6. The van der Waals surface area contributed by atoms with Gasteiger partial charge in [0.15, 0.2) is 11.0 Å². The van der Waals surface area contributed by atoms with Gasteiger partial charge in [-0.15, -0.1) is 10.2 Å². The van der Waals surface area contributed by atoms with Crippen molar-refractivity contribution in [3.63, 3.8) is 0 Å². The van der Waals surface area contributed by atoms with Gasteiger partial charge in [0.2, 0.25) is 5.91 Å². The molecule has 1 aromatic carbocycles. The van der Waals surface area contributed by atoms with E-state index in [0.717, 1.165) is 16.5 Å². The number of thioether (sulfide) groups is 1. The lowest BCUT2D eigenvalue weighted by Gasteiger charge is -2.07. The maximum atomic E-state index is 11.6. The second-order valence-corrected chi connectivity index (χ2v) is 6.11. The Balaban J connectivity index is 1.94. The lowest BCUT2D eigenvalue weighted by molar-refractivity contribution is -0.121. The Bertz CT molecular complexity index is 595. The van der Waals surface area contributed by atoms with Crippen molar-refractivity contribution >= 4 is 17.7 Å². The van der Waals surface area contributed by atoms with E-state index in [2.05, 4.69) is 15.5 Å². The zero-order chi connectivity index (χ0) is 15.2. The zero-order valence-electron chi connectivity index (χ0n) is 12.5. The maximum Gasteiger partial charge on any atom is 0.221 e. The molecular weight excluding hydrogens is 284 g/mol. The van der Waals surface area contributed by atoms with Crippen molar-refractivity contribution in [2.45, 2.75) is 31.5 Å². The Morgan fingerprint density at radius 2 is 2.00 bits per heavy atom. The molecule has 0 atom stereocenters. The molecule has 0 aliphatic rings. The summed E-state index contributed by atoms with van der Waals surface area (Å²) in [7, 11) is 1.94. The Hall–Kier alpha value is -1.82. The van der Waals surface area contributed by atoms with Gasteiger partial charge in [0, 0.05) is 30.8 Å². The van der Waals surface area contributed by atoms with Crippen molar-refractivity contribution in [3.8, 4) is 11.4 Å². The van der Waals surface area contributed by atoms with Crippen LogP contribution in [0.5, 0.6) is 0 Å². The second-order valence-electron chi connectivity index (χ2n) is 5.05. The molecule has 0 saturated heterocycles. The third-order valence-electron chi connectivity index (χ3n) is 2.88. The van der Waals surface area contributed by atoms with Crippen molar-refractivity contribution in [3.05, 3.63) is 30.3 Å². The fraction of sp³-hybridized carbons (Fsp3) is 0.400. The maximum absolute atomic E-state index is 11.6. The first kappa shape index (κ1) is 15.6. The highest BCUT2D eigenvalue weighted by molar-refractivity contribution is 7.99. The molecule has 6 heteroatoms. The summed E-state index contributed by atoms with van der Waals surface area (Å²) in [6, 6.07) is 10.1. The summed E-state index contributed by atoms with van der Waals surface area (Å²) in [5, 5.41) is 12.1. The SMILES string of the molecule is CC(C)NC(=O)CCSc1nnc(-c2ccccc2)n1C. The smallest absolute Gasteiger partial charge is 0.221 e. The van der Waals surface area contributed by atoms with Crippen molar-refractivity contribution in [2.75, 3.05) is 5.75 Å². The molecule has 0 saturated carbocycles. The minimum absolute atomic E-state index is 0.0722. The van der Waals surface area contributed by atoms with Crippen LogP contribution < -0.4 is 5.32 Å². The fourth-order valence-corrected chi connectivity index (χ4v) is 2.76. The Morgan fingerprint density at radius 1 is 1.29 bits per heavy atom. The van der Waals surface area contributed by atoms with Crippen LogP contribution >= 0.6 is 11.8 Å². The Morgan fingerprint density at radius 3 is 2.67 bits per heavy atom. The number of carbonyl (C=O) groups excluding carboxylic acids is 1. The van der Waals surface area contributed by atoms with E-state index in [1.807, 2.05) is 55.8 Å². The van der Waals surface area contributed by atoms with Crippen LogP contribution in [0.15, 0.2) is 35.5 Å². The van der Waals surface area contributed by atoms with E-state index < -0.39 is 0 Å². The highest BCUT2D eigenvalue weighted by Crippen LogP contribution is 2.22. The number of hydrogen-bond donors (Lipinski definition) is 1. The summed E-state index contributed by atoms with van der Waals surface area (Å²) in [5.41, 5.74) is 1.04. The number of aromatic nitrogens is 3. The summed E-state index contributed by atoms with van der Waals surface area (Å²) < 4.78 is 1.96. The van der Waals surface area contributed by atoms with Crippen molar-refractivity contribution in [1.29, 1.82) is 0 Å². The van der Waals surface area contributed by atoms with Crippen molar-refractivity contribution in [2.24, 2.45) is 7.05 Å². The molecular formula is C15H20N4OS. The van der Waals surface area contributed by atoms with E-state index >= 15 is 0 Å².